The van der Waals surface area contributed by atoms with Gasteiger partial charge >= 0.3 is 0 Å². The van der Waals surface area contributed by atoms with Gasteiger partial charge in [-0.1, -0.05) is 42.5 Å². The summed E-state index contributed by atoms with van der Waals surface area (Å²) in [5.74, 6) is -1.15. The quantitative estimate of drug-likeness (QED) is 0.572. The molecule has 0 atom stereocenters. The molecular formula is C25H21F2NO2. The van der Waals surface area contributed by atoms with Crippen LogP contribution in [0.2, 0.25) is 0 Å². The number of amides is 1. The Labute approximate surface area is 173 Å². The molecule has 1 amide bonds. The zero-order chi connectivity index (χ0) is 21.1. The van der Waals surface area contributed by atoms with E-state index in [4.69, 9.17) is 0 Å². The summed E-state index contributed by atoms with van der Waals surface area (Å²) in [5, 5.41) is 2.77. The smallest absolute Gasteiger partial charge is 0.228 e. The molecule has 0 radical (unpaired) electrons. The standard InChI is InChI=1S/C25H21F2NO2/c26-21-10-1-16(13-22(27)15-21)14-24(29)28-23-11-8-18(9-12-23)17-2-4-19(5-3-17)25(30)20-6-7-20/h1-5,8-9,11-13,15,20H,6-7,10,14H2,(H,28,29). The minimum atomic E-state index is -0.696. The average Bonchev–Trinajstić information content (AvgIpc) is 3.58. The van der Waals surface area contributed by atoms with Crippen LogP contribution in [0.5, 0.6) is 0 Å². The predicted molar refractivity (Wildman–Crippen MR) is 113 cm³/mol. The molecule has 30 heavy (non-hydrogen) atoms. The molecule has 152 valence electrons. The molecule has 3 nitrogen and oxygen atoms in total. The zero-order valence-corrected chi connectivity index (χ0v) is 16.3. The topological polar surface area (TPSA) is 46.2 Å². The van der Waals surface area contributed by atoms with E-state index in [0.717, 1.165) is 35.6 Å². The van der Waals surface area contributed by atoms with Crippen molar-refractivity contribution in [3.8, 4) is 11.1 Å². The van der Waals surface area contributed by atoms with Gasteiger partial charge in [0, 0.05) is 29.7 Å². The number of allylic oxidation sites excluding steroid dienone is 5. The van der Waals surface area contributed by atoms with Crippen LogP contribution in [0.3, 0.4) is 0 Å². The van der Waals surface area contributed by atoms with Crippen molar-refractivity contribution >= 4 is 17.4 Å². The molecule has 2 aliphatic carbocycles. The van der Waals surface area contributed by atoms with Crippen LogP contribution in [0.1, 0.15) is 36.0 Å². The number of Topliss-reactive ketones (excluding diaryl/α,β-unsaturated/α-hetero) is 1. The van der Waals surface area contributed by atoms with E-state index in [2.05, 4.69) is 5.32 Å². The molecule has 2 aromatic carbocycles. The minimum absolute atomic E-state index is 0.0216. The van der Waals surface area contributed by atoms with E-state index in [1.165, 1.54) is 12.2 Å². The monoisotopic (exact) mass is 405 g/mol. The van der Waals surface area contributed by atoms with E-state index in [1.54, 1.807) is 12.1 Å². The lowest BCUT2D eigenvalue weighted by molar-refractivity contribution is -0.115. The first kappa shape index (κ1) is 20.0. The maximum absolute atomic E-state index is 13.5. The van der Waals surface area contributed by atoms with Gasteiger partial charge in [-0.15, -0.1) is 0 Å². The van der Waals surface area contributed by atoms with Gasteiger partial charge in [0.05, 0.1) is 6.42 Å². The largest absolute Gasteiger partial charge is 0.326 e. The van der Waals surface area contributed by atoms with E-state index in [-0.39, 0.29) is 30.4 Å². The highest BCUT2D eigenvalue weighted by Crippen LogP contribution is 2.33. The lowest BCUT2D eigenvalue weighted by atomic mass is 10.0. The zero-order valence-electron chi connectivity index (χ0n) is 16.3. The number of carbonyl (C=O) groups is 2. The Kier molecular flexibility index (Phi) is 5.70. The maximum Gasteiger partial charge on any atom is 0.228 e. The second-order valence-electron chi connectivity index (χ2n) is 7.62. The van der Waals surface area contributed by atoms with E-state index < -0.39 is 11.7 Å². The van der Waals surface area contributed by atoms with Crippen molar-refractivity contribution in [2.45, 2.75) is 25.7 Å². The van der Waals surface area contributed by atoms with Crippen LogP contribution < -0.4 is 5.32 Å². The Hall–Kier alpha value is -3.34. The van der Waals surface area contributed by atoms with Gasteiger partial charge in [-0.05, 0) is 47.8 Å². The summed E-state index contributed by atoms with van der Waals surface area (Å²) >= 11 is 0. The molecular weight excluding hydrogens is 384 g/mol. The first-order chi connectivity index (χ1) is 14.5. The molecule has 5 heteroatoms. The number of rotatable bonds is 6. The lowest BCUT2D eigenvalue weighted by Crippen LogP contribution is -2.11. The molecule has 2 aromatic rings. The molecule has 4 rings (SSSR count). The normalized spacial score (nSPS) is 16.1. The van der Waals surface area contributed by atoms with Gasteiger partial charge in [-0.25, -0.2) is 8.78 Å². The van der Waals surface area contributed by atoms with Crippen molar-refractivity contribution in [3.05, 3.63) is 89.5 Å². The molecule has 0 saturated heterocycles. The van der Waals surface area contributed by atoms with Crippen molar-refractivity contribution in [1.29, 1.82) is 0 Å². The highest BCUT2D eigenvalue weighted by molar-refractivity contribution is 5.99. The molecule has 0 bridgehead atoms. The fourth-order valence-electron chi connectivity index (χ4n) is 3.38. The minimum Gasteiger partial charge on any atom is -0.326 e. The second kappa shape index (κ2) is 8.57. The number of hydrogen-bond donors (Lipinski definition) is 1. The molecule has 0 heterocycles. The summed E-state index contributed by atoms with van der Waals surface area (Å²) in [6.45, 7) is 0. The van der Waals surface area contributed by atoms with Crippen LogP contribution in [0, 0.1) is 5.92 Å². The maximum atomic E-state index is 13.5. The number of benzene rings is 2. The van der Waals surface area contributed by atoms with Crippen molar-refractivity contribution < 1.29 is 18.4 Å². The fourth-order valence-corrected chi connectivity index (χ4v) is 3.38. The van der Waals surface area contributed by atoms with Gasteiger partial charge in [-0.3, -0.25) is 9.59 Å². The van der Waals surface area contributed by atoms with Crippen molar-refractivity contribution in [1.82, 2.24) is 0 Å². The molecule has 0 aromatic heterocycles. The molecule has 1 fully saturated rings. The summed E-state index contributed by atoms with van der Waals surface area (Å²) in [4.78, 5) is 24.4. The second-order valence-corrected chi connectivity index (χ2v) is 7.62. The first-order valence-corrected chi connectivity index (χ1v) is 9.95. The Morgan fingerprint density at radius 1 is 0.900 bits per heavy atom. The van der Waals surface area contributed by atoms with E-state index in [1.807, 2.05) is 36.4 Å². The number of anilines is 1. The number of hydrogen-bond acceptors (Lipinski definition) is 2. The summed E-state index contributed by atoms with van der Waals surface area (Å²) in [7, 11) is 0. The number of ketones is 1. The van der Waals surface area contributed by atoms with Gasteiger partial charge in [0.25, 0.3) is 0 Å². The third kappa shape index (κ3) is 4.98. The van der Waals surface area contributed by atoms with Crippen LogP contribution in [0.25, 0.3) is 11.1 Å². The lowest BCUT2D eigenvalue weighted by Gasteiger charge is -2.08. The Balaban J connectivity index is 1.37. The van der Waals surface area contributed by atoms with E-state index >= 15 is 0 Å². The third-order valence-electron chi connectivity index (χ3n) is 5.16. The average molecular weight is 405 g/mol. The van der Waals surface area contributed by atoms with E-state index in [9.17, 15) is 18.4 Å². The fraction of sp³-hybridized carbons (Fsp3) is 0.200. The van der Waals surface area contributed by atoms with Gasteiger partial charge in [0.1, 0.15) is 11.7 Å². The Morgan fingerprint density at radius 2 is 1.53 bits per heavy atom. The third-order valence-corrected chi connectivity index (χ3v) is 5.16. The first-order valence-electron chi connectivity index (χ1n) is 9.95. The predicted octanol–water partition coefficient (Wildman–Crippen LogP) is 6.31. The van der Waals surface area contributed by atoms with Crippen LogP contribution in [-0.2, 0) is 4.79 Å². The van der Waals surface area contributed by atoms with E-state index in [0.29, 0.717) is 11.3 Å². The molecule has 1 N–H and O–H groups in total. The summed E-state index contributed by atoms with van der Waals surface area (Å²) in [5.41, 5.74) is 3.76. The molecule has 0 unspecified atom stereocenters. The van der Waals surface area contributed by atoms with Crippen LogP contribution >= 0.6 is 0 Å². The van der Waals surface area contributed by atoms with Crippen molar-refractivity contribution in [2.24, 2.45) is 5.92 Å². The summed E-state index contributed by atoms with van der Waals surface area (Å²) in [6, 6.07) is 14.9. The number of carbonyl (C=O) groups excluding carboxylic acids is 2. The van der Waals surface area contributed by atoms with Crippen molar-refractivity contribution in [2.75, 3.05) is 5.32 Å². The molecule has 2 aliphatic rings. The Bertz CT molecular complexity index is 1060. The molecule has 0 spiro atoms. The van der Waals surface area contributed by atoms with Gasteiger partial charge in [-0.2, -0.15) is 0 Å². The Morgan fingerprint density at radius 3 is 2.17 bits per heavy atom. The molecule has 1 saturated carbocycles. The van der Waals surface area contributed by atoms with Crippen LogP contribution in [0.15, 0.2) is 84.0 Å². The summed E-state index contributed by atoms with van der Waals surface area (Å²) < 4.78 is 26.7. The van der Waals surface area contributed by atoms with Gasteiger partial charge in [0.2, 0.25) is 5.91 Å². The SMILES string of the molecule is O=C(CC1=CCC(F)=CC(F)=C1)Nc1ccc(-c2ccc(C(=O)C3CC3)cc2)cc1. The summed E-state index contributed by atoms with van der Waals surface area (Å²) in [6.07, 6.45) is 5.44. The number of nitrogens with one attached hydrogen (secondary N) is 1. The van der Waals surface area contributed by atoms with Crippen LogP contribution in [0.4, 0.5) is 14.5 Å². The number of halogens is 2. The molecule has 0 aliphatic heterocycles. The highest BCUT2D eigenvalue weighted by Gasteiger charge is 2.30. The highest BCUT2D eigenvalue weighted by atomic mass is 19.1. The van der Waals surface area contributed by atoms with Crippen molar-refractivity contribution in [3.63, 3.8) is 0 Å². The van der Waals surface area contributed by atoms with Gasteiger partial charge in [0.15, 0.2) is 5.78 Å². The van der Waals surface area contributed by atoms with Crippen LogP contribution in [-0.4, -0.2) is 11.7 Å². The van der Waals surface area contributed by atoms with Gasteiger partial charge < -0.3 is 5.32 Å².